The number of thiophene rings is 1. The summed E-state index contributed by atoms with van der Waals surface area (Å²) in [5.41, 5.74) is 7.21. The zero-order valence-corrected chi connectivity index (χ0v) is 12.7. The largest absolute Gasteiger partial charge is 0.363 e. The number of nitrogens with two attached hydrogens (primary N) is 1. The molecule has 0 aliphatic rings. The molecule has 1 aromatic carbocycles. The van der Waals surface area contributed by atoms with E-state index in [2.05, 4.69) is 63.5 Å². The Balaban J connectivity index is 2.34. The zero-order valence-electron chi connectivity index (χ0n) is 10.3. The summed E-state index contributed by atoms with van der Waals surface area (Å²) >= 11 is 5.36. The highest BCUT2D eigenvalue weighted by Gasteiger charge is 2.21. The standard InChI is InChI=1S/C14H17BrN2S/c1-2-17(11-6-4-3-5-7-11)13(10-16)14-12(15)8-9-18-14/h3-9,13H,2,10,16H2,1H3. The Morgan fingerprint density at radius 3 is 2.50 bits per heavy atom. The first kappa shape index (κ1) is 13.6. The van der Waals surface area contributed by atoms with Gasteiger partial charge in [-0.25, -0.2) is 0 Å². The Morgan fingerprint density at radius 1 is 1.28 bits per heavy atom. The molecule has 0 radical (unpaired) electrons. The van der Waals surface area contributed by atoms with Gasteiger partial charge in [-0.2, -0.15) is 0 Å². The predicted molar refractivity (Wildman–Crippen MR) is 83.3 cm³/mol. The molecule has 1 unspecified atom stereocenters. The van der Waals surface area contributed by atoms with E-state index in [1.165, 1.54) is 10.6 Å². The van der Waals surface area contributed by atoms with Gasteiger partial charge in [0.05, 0.1) is 6.04 Å². The van der Waals surface area contributed by atoms with Crippen LogP contribution in [0.4, 0.5) is 5.69 Å². The van der Waals surface area contributed by atoms with E-state index in [0.717, 1.165) is 11.0 Å². The lowest BCUT2D eigenvalue weighted by molar-refractivity contribution is 0.651. The van der Waals surface area contributed by atoms with Crippen LogP contribution in [0.2, 0.25) is 0 Å². The van der Waals surface area contributed by atoms with Gasteiger partial charge < -0.3 is 10.6 Å². The zero-order chi connectivity index (χ0) is 13.0. The number of hydrogen-bond donors (Lipinski definition) is 1. The van der Waals surface area contributed by atoms with Gasteiger partial charge >= 0.3 is 0 Å². The van der Waals surface area contributed by atoms with E-state index >= 15 is 0 Å². The van der Waals surface area contributed by atoms with Crippen molar-refractivity contribution in [3.8, 4) is 0 Å². The lowest BCUT2D eigenvalue weighted by atomic mass is 10.1. The molecule has 96 valence electrons. The van der Waals surface area contributed by atoms with E-state index in [9.17, 15) is 0 Å². The summed E-state index contributed by atoms with van der Waals surface area (Å²) in [6.07, 6.45) is 0. The maximum atomic E-state index is 5.99. The monoisotopic (exact) mass is 324 g/mol. The minimum absolute atomic E-state index is 0.228. The summed E-state index contributed by atoms with van der Waals surface area (Å²) in [5.74, 6) is 0. The lowest BCUT2D eigenvalue weighted by Gasteiger charge is -2.31. The number of halogens is 1. The van der Waals surface area contributed by atoms with Crippen molar-refractivity contribution in [1.29, 1.82) is 0 Å². The van der Waals surface area contributed by atoms with Crippen LogP contribution in [0.15, 0.2) is 46.3 Å². The van der Waals surface area contributed by atoms with Crippen molar-refractivity contribution in [2.24, 2.45) is 5.73 Å². The normalized spacial score (nSPS) is 12.4. The summed E-state index contributed by atoms with van der Waals surface area (Å²) in [7, 11) is 0. The SMILES string of the molecule is CCN(c1ccccc1)C(CN)c1sccc1Br. The molecule has 1 atom stereocenters. The van der Waals surface area contributed by atoms with Crippen LogP contribution in [-0.2, 0) is 0 Å². The predicted octanol–water partition coefficient (Wildman–Crippen LogP) is 4.04. The quantitative estimate of drug-likeness (QED) is 0.899. The minimum atomic E-state index is 0.228. The highest BCUT2D eigenvalue weighted by atomic mass is 79.9. The van der Waals surface area contributed by atoms with Crippen LogP contribution in [0.25, 0.3) is 0 Å². The summed E-state index contributed by atoms with van der Waals surface area (Å²) in [4.78, 5) is 3.64. The molecule has 18 heavy (non-hydrogen) atoms. The molecule has 0 amide bonds. The average molecular weight is 325 g/mol. The molecular weight excluding hydrogens is 308 g/mol. The number of para-hydroxylation sites is 1. The van der Waals surface area contributed by atoms with Gasteiger partial charge in [-0.1, -0.05) is 18.2 Å². The molecule has 2 N–H and O–H groups in total. The second kappa shape index (κ2) is 6.36. The van der Waals surface area contributed by atoms with Gasteiger partial charge in [-0.3, -0.25) is 0 Å². The Kier molecular flexibility index (Phi) is 4.80. The molecule has 0 aliphatic heterocycles. The van der Waals surface area contributed by atoms with Crippen LogP contribution in [-0.4, -0.2) is 13.1 Å². The molecule has 0 saturated carbocycles. The molecule has 1 aromatic heterocycles. The fourth-order valence-corrected chi connectivity index (χ4v) is 3.89. The summed E-state index contributed by atoms with van der Waals surface area (Å²) in [6, 6.07) is 12.7. The van der Waals surface area contributed by atoms with Crippen molar-refractivity contribution in [2.45, 2.75) is 13.0 Å². The van der Waals surface area contributed by atoms with Gasteiger partial charge in [0.15, 0.2) is 0 Å². The van der Waals surface area contributed by atoms with Crippen LogP contribution in [0.1, 0.15) is 17.8 Å². The molecule has 0 aliphatic carbocycles. The first-order valence-corrected chi connectivity index (χ1v) is 7.69. The molecule has 2 nitrogen and oxygen atoms in total. The van der Waals surface area contributed by atoms with E-state index < -0.39 is 0 Å². The topological polar surface area (TPSA) is 29.3 Å². The number of likely N-dealkylation sites (N-methyl/N-ethyl adjacent to an activating group) is 1. The van der Waals surface area contributed by atoms with Crippen LogP contribution in [0.5, 0.6) is 0 Å². The molecule has 0 saturated heterocycles. The number of nitrogens with zero attached hydrogens (tertiary/aromatic N) is 1. The third-order valence-corrected chi connectivity index (χ3v) is 4.95. The van der Waals surface area contributed by atoms with Gasteiger partial charge in [-0.05, 0) is 46.4 Å². The maximum Gasteiger partial charge on any atom is 0.0768 e. The van der Waals surface area contributed by atoms with Gasteiger partial charge in [0.2, 0.25) is 0 Å². The maximum absolute atomic E-state index is 5.99. The fraction of sp³-hybridized carbons (Fsp3) is 0.286. The molecule has 0 bridgehead atoms. The second-order valence-electron chi connectivity index (χ2n) is 4.01. The molecule has 1 heterocycles. The van der Waals surface area contributed by atoms with Crippen molar-refractivity contribution in [2.75, 3.05) is 18.0 Å². The lowest BCUT2D eigenvalue weighted by Crippen LogP contribution is -2.33. The van der Waals surface area contributed by atoms with E-state index in [4.69, 9.17) is 5.73 Å². The smallest absolute Gasteiger partial charge is 0.0768 e. The first-order valence-electron chi connectivity index (χ1n) is 6.02. The average Bonchev–Trinajstić information content (AvgIpc) is 2.83. The fourth-order valence-electron chi connectivity index (χ4n) is 2.12. The van der Waals surface area contributed by atoms with E-state index in [0.29, 0.717) is 6.54 Å². The third-order valence-electron chi connectivity index (χ3n) is 2.98. The number of anilines is 1. The van der Waals surface area contributed by atoms with E-state index in [1.807, 2.05) is 6.07 Å². The summed E-state index contributed by atoms with van der Waals surface area (Å²) < 4.78 is 1.15. The molecular formula is C14H17BrN2S. The van der Waals surface area contributed by atoms with Gasteiger partial charge in [0, 0.05) is 28.1 Å². The van der Waals surface area contributed by atoms with Crippen LogP contribution < -0.4 is 10.6 Å². The summed E-state index contributed by atoms with van der Waals surface area (Å²) in [5, 5.41) is 2.10. The number of rotatable bonds is 5. The second-order valence-corrected chi connectivity index (χ2v) is 5.81. The van der Waals surface area contributed by atoms with Crippen molar-refractivity contribution in [3.05, 3.63) is 51.1 Å². The van der Waals surface area contributed by atoms with E-state index in [-0.39, 0.29) is 6.04 Å². The number of hydrogen-bond acceptors (Lipinski definition) is 3. The third kappa shape index (κ3) is 2.76. The molecule has 0 fully saturated rings. The Hall–Kier alpha value is -0.840. The van der Waals surface area contributed by atoms with E-state index in [1.54, 1.807) is 11.3 Å². The van der Waals surface area contributed by atoms with Crippen LogP contribution >= 0.6 is 27.3 Å². The minimum Gasteiger partial charge on any atom is -0.363 e. The van der Waals surface area contributed by atoms with Gasteiger partial charge in [0.1, 0.15) is 0 Å². The van der Waals surface area contributed by atoms with Gasteiger partial charge in [-0.15, -0.1) is 11.3 Å². The first-order chi connectivity index (χ1) is 8.77. The van der Waals surface area contributed by atoms with Crippen molar-refractivity contribution in [1.82, 2.24) is 0 Å². The van der Waals surface area contributed by atoms with Crippen molar-refractivity contribution < 1.29 is 0 Å². The molecule has 2 aromatic rings. The molecule has 0 spiro atoms. The van der Waals surface area contributed by atoms with Crippen LogP contribution in [0.3, 0.4) is 0 Å². The molecule has 4 heteroatoms. The van der Waals surface area contributed by atoms with Crippen molar-refractivity contribution >= 4 is 33.0 Å². The highest BCUT2D eigenvalue weighted by molar-refractivity contribution is 9.10. The Bertz CT molecular complexity index is 484. The Labute approximate surface area is 121 Å². The molecule has 2 rings (SSSR count). The number of benzene rings is 1. The Morgan fingerprint density at radius 2 is 2.00 bits per heavy atom. The summed E-state index contributed by atoms with van der Waals surface area (Å²) in [6.45, 7) is 3.72. The highest BCUT2D eigenvalue weighted by Crippen LogP contribution is 2.34. The van der Waals surface area contributed by atoms with Crippen molar-refractivity contribution in [3.63, 3.8) is 0 Å². The van der Waals surface area contributed by atoms with Gasteiger partial charge in [0.25, 0.3) is 0 Å². The van der Waals surface area contributed by atoms with Crippen LogP contribution in [0, 0.1) is 0 Å².